The van der Waals surface area contributed by atoms with Gasteiger partial charge in [0.2, 0.25) is 0 Å². The van der Waals surface area contributed by atoms with Gasteiger partial charge in [-0.1, -0.05) is 39.5 Å². The van der Waals surface area contributed by atoms with E-state index in [4.69, 9.17) is 0 Å². The lowest BCUT2D eigenvalue weighted by molar-refractivity contribution is 0.490. The fourth-order valence-corrected chi connectivity index (χ4v) is 3.49. The van der Waals surface area contributed by atoms with Gasteiger partial charge >= 0.3 is 0 Å². The number of hydrogen-bond acceptors (Lipinski definition) is 2. The summed E-state index contributed by atoms with van der Waals surface area (Å²) in [6, 6.07) is 0. The van der Waals surface area contributed by atoms with Crippen LogP contribution < -0.4 is 5.32 Å². The first kappa shape index (κ1) is 14.4. The minimum absolute atomic E-state index is 0.887. The molecule has 0 aromatic rings. The minimum atomic E-state index is 0.887. The van der Waals surface area contributed by atoms with E-state index in [0.717, 1.165) is 11.8 Å². The SMILES string of the molecule is CC(C)CCCCCCNCC1CCSC1. The molecule has 1 unspecified atom stereocenters. The third-order valence-corrected chi connectivity index (χ3v) is 4.57. The molecule has 1 nitrogen and oxygen atoms in total. The highest BCUT2D eigenvalue weighted by molar-refractivity contribution is 7.99. The van der Waals surface area contributed by atoms with Crippen molar-refractivity contribution >= 4 is 11.8 Å². The van der Waals surface area contributed by atoms with Crippen LogP contribution in [0.25, 0.3) is 0 Å². The van der Waals surface area contributed by atoms with Gasteiger partial charge in [0.05, 0.1) is 0 Å². The minimum Gasteiger partial charge on any atom is -0.316 e. The molecule has 1 N–H and O–H groups in total. The molecule has 0 spiro atoms. The van der Waals surface area contributed by atoms with E-state index in [2.05, 4.69) is 30.9 Å². The predicted octanol–water partition coefficient (Wildman–Crippen LogP) is 3.94. The molecule has 0 amide bonds. The number of hydrogen-bond donors (Lipinski definition) is 1. The van der Waals surface area contributed by atoms with E-state index in [-0.39, 0.29) is 0 Å². The van der Waals surface area contributed by atoms with Crippen LogP contribution in [0.5, 0.6) is 0 Å². The van der Waals surface area contributed by atoms with E-state index in [1.165, 1.54) is 63.1 Å². The molecule has 0 aliphatic carbocycles. The zero-order valence-corrected chi connectivity index (χ0v) is 12.0. The summed E-state index contributed by atoms with van der Waals surface area (Å²) < 4.78 is 0. The van der Waals surface area contributed by atoms with Crippen molar-refractivity contribution in [2.24, 2.45) is 11.8 Å². The monoisotopic (exact) mass is 243 g/mol. The Morgan fingerprint density at radius 2 is 2.00 bits per heavy atom. The van der Waals surface area contributed by atoms with Gasteiger partial charge in [0, 0.05) is 0 Å². The Morgan fingerprint density at radius 3 is 2.69 bits per heavy atom. The van der Waals surface area contributed by atoms with Crippen LogP contribution in [0.1, 0.15) is 52.4 Å². The Labute approximate surface area is 106 Å². The Morgan fingerprint density at radius 1 is 1.19 bits per heavy atom. The lowest BCUT2D eigenvalue weighted by atomic mass is 10.0. The second-order valence-electron chi connectivity index (χ2n) is 5.53. The molecule has 0 bridgehead atoms. The number of unbranched alkanes of at least 4 members (excludes halogenated alkanes) is 3. The fraction of sp³-hybridized carbons (Fsp3) is 1.00. The van der Waals surface area contributed by atoms with Crippen molar-refractivity contribution in [3.05, 3.63) is 0 Å². The van der Waals surface area contributed by atoms with Crippen LogP contribution in [0, 0.1) is 11.8 Å². The highest BCUT2D eigenvalue weighted by atomic mass is 32.2. The standard InChI is InChI=1S/C14H29NS/c1-13(2)7-5-3-4-6-9-15-11-14-8-10-16-12-14/h13-15H,3-12H2,1-2H3. The number of rotatable bonds is 9. The molecular formula is C14H29NS. The summed E-state index contributed by atoms with van der Waals surface area (Å²) in [5, 5.41) is 3.61. The van der Waals surface area contributed by atoms with Crippen molar-refractivity contribution in [2.45, 2.75) is 52.4 Å². The normalized spacial score (nSPS) is 20.8. The first-order valence-corrected chi connectivity index (χ1v) is 8.23. The second kappa shape index (κ2) is 9.35. The summed E-state index contributed by atoms with van der Waals surface area (Å²) in [6.07, 6.45) is 8.49. The summed E-state index contributed by atoms with van der Waals surface area (Å²) >= 11 is 2.12. The van der Waals surface area contributed by atoms with Crippen molar-refractivity contribution in [3.8, 4) is 0 Å². The van der Waals surface area contributed by atoms with Gasteiger partial charge in [-0.15, -0.1) is 0 Å². The van der Waals surface area contributed by atoms with Gasteiger partial charge in [0.15, 0.2) is 0 Å². The molecular weight excluding hydrogens is 214 g/mol. The summed E-state index contributed by atoms with van der Waals surface area (Å²) in [4.78, 5) is 0. The number of thioether (sulfide) groups is 1. The van der Waals surface area contributed by atoms with Crippen molar-refractivity contribution in [1.29, 1.82) is 0 Å². The van der Waals surface area contributed by atoms with Crippen LogP contribution in [0.3, 0.4) is 0 Å². The third kappa shape index (κ3) is 7.56. The molecule has 1 saturated heterocycles. The third-order valence-electron chi connectivity index (χ3n) is 3.34. The lowest BCUT2D eigenvalue weighted by Crippen LogP contribution is -2.23. The van der Waals surface area contributed by atoms with Crippen LogP contribution in [0.4, 0.5) is 0 Å². The molecule has 0 saturated carbocycles. The average molecular weight is 243 g/mol. The van der Waals surface area contributed by atoms with Crippen molar-refractivity contribution in [3.63, 3.8) is 0 Å². The van der Waals surface area contributed by atoms with Crippen molar-refractivity contribution in [1.82, 2.24) is 5.32 Å². The first-order valence-electron chi connectivity index (χ1n) is 7.07. The van der Waals surface area contributed by atoms with Crippen molar-refractivity contribution in [2.75, 3.05) is 24.6 Å². The van der Waals surface area contributed by atoms with Gasteiger partial charge in [-0.05, 0) is 49.3 Å². The van der Waals surface area contributed by atoms with Gasteiger partial charge < -0.3 is 5.32 Å². The van der Waals surface area contributed by atoms with Crippen LogP contribution in [0.15, 0.2) is 0 Å². The van der Waals surface area contributed by atoms with Gasteiger partial charge in [0.25, 0.3) is 0 Å². The molecule has 0 aromatic carbocycles. The zero-order valence-electron chi connectivity index (χ0n) is 11.1. The van der Waals surface area contributed by atoms with Gasteiger partial charge in [-0.2, -0.15) is 11.8 Å². The quantitative estimate of drug-likeness (QED) is 0.616. The molecule has 16 heavy (non-hydrogen) atoms. The molecule has 1 heterocycles. The molecule has 2 heteroatoms. The van der Waals surface area contributed by atoms with Crippen LogP contribution >= 0.6 is 11.8 Å². The Kier molecular flexibility index (Phi) is 8.40. The predicted molar refractivity (Wildman–Crippen MR) is 76.2 cm³/mol. The molecule has 1 aliphatic rings. The van der Waals surface area contributed by atoms with E-state index >= 15 is 0 Å². The Balaban J connectivity index is 1.74. The van der Waals surface area contributed by atoms with Gasteiger partial charge in [0.1, 0.15) is 0 Å². The maximum Gasteiger partial charge on any atom is -0.00123 e. The van der Waals surface area contributed by atoms with E-state index in [1.807, 2.05) is 0 Å². The Hall–Kier alpha value is 0.310. The first-order chi connectivity index (χ1) is 7.79. The van der Waals surface area contributed by atoms with Crippen LogP contribution in [-0.4, -0.2) is 24.6 Å². The van der Waals surface area contributed by atoms with Gasteiger partial charge in [-0.25, -0.2) is 0 Å². The largest absolute Gasteiger partial charge is 0.316 e. The fourth-order valence-electron chi connectivity index (χ4n) is 2.21. The van der Waals surface area contributed by atoms with E-state index in [9.17, 15) is 0 Å². The highest BCUT2D eigenvalue weighted by Gasteiger charge is 2.14. The van der Waals surface area contributed by atoms with E-state index < -0.39 is 0 Å². The molecule has 1 rings (SSSR count). The van der Waals surface area contributed by atoms with E-state index in [0.29, 0.717) is 0 Å². The molecule has 1 atom stereocenters. The summed E-state index contributed by atoms with van der Waals surface area (Å²) in [7, 11) is 0. The van der Waals surface area contributed by atoms with Gasteiger partial charge in [-0.3, -0.25) is 0 Å². The molecule has 96 valence electrons. The lowest BCUT2D eigenvalue weighted by Gasteiger charge is -2.09. The smallest absolute Gasteiger partial charge is 0.00123 e. The molecule has 1 aliphatic heterocycles. The Bertz CT molecular complexity index is 153. The summed E-state index contributed by atoms with van der Waals surface area (Å²) in [5.74, 6) is 4.63. The number of nitrogens with one attached hydrogen (secondary N) is 1. The van der Waals surface area contributed by atoms with E-state index in [1.54, 1.807) is 0 Å². The summed E-state index contributed by atoms with van der Waals surface area (Å²) in [6.45, 7) is 7.14. The topological polar surface area (TPSA) is 12.0 Å². The van der Waals surface area contributed by atoms with Crippen LogP contribution in [0.2, 0.25) is 0 Å². The average Bonchev–Trinajstić information content (AvgIpc) is 2.74. The molecule has 0 radical (unpaired) electrons. The molecule has 0 aromatic heterocycles. The second-order valence-corrected chi connectivity index (χ2v) is 6.68. The molecule has 1 fully saturated rings. The maximum atomic E-state index is 3.61. The summed E-state index contributed by atoms with van der Waals surface area (Å²) in [5.41, 5.74) is 0. The van der Waals surface area contributed by atoms with Crippen molar-refractivity contribution < 1.29 is 0 Å². The maximum absolute atomic E-state index is 3.61. The highest BCUT2D eigenvalue weighted by Crippen LogP contribution is 2.22. The zero-order chi connectivity index (χ0) is 11.6. The van der Waals surface area contributed by atoms with Crippen LogP contribution in [-0.2, 0) is 0 Å².